The maximum atomic E-state index is 14.7. The fourth-order valence-electron chi connectivity index (χ4n) is 4.50. The van der Waals surface area contributed by atoms with Crippen molar-refractivity contribution in [1.82, 2.24) is 10.2 Å². The monoisotopic (exact) mass is 429 g/mol. The molecule has 1 atom stereocenters. The van der Waals surface area contributed by atoms with Crippen molar-refractivity contribution in [3.05, 3.63) is 35.9 Å². The third-order valence-corrected chi connectivity index (χ3v) is 7.30. The molecule has 3 aliphatic rings. The topological polar surface area (TPSA) is 73.2 Å². The van der Waals surface area contributed by atoms with E-state index in [1.165, 1.54) is 25.0 Å². The van der Waals surface area contributed by atoms with E-state index in [4.69, 9.17) is 0 Å². The minimum atomic E-state index is -3.10. The van der Waals surface area contributed by atoms with Gasteiger partial charge >= 0.3 is 6.03 Å². The van der Waals surface area contributed by atoms with Crippen LogP contribution in [0.1, 0.15) is 63.4 Å². The number of rotatable bonds is 8. The molecule has 2 amide bonds. The number of ketones is 1. The van der Waals surface area contributed by atoms with E-state index in [0.29, 0.717) is 31.3 Å². The maximum absolute atomic E-state index is 14.7. The third kappa shape index (κ3) is 5.06. The summed E-state index contributed by atoms with van der Waals surface area (Å²) in [6.45, 7) is 1.27. The molecule has 166 valence electrons. The number of likely N-dealkylation sites (tertiary alicyclic amines) is 1. The van der Waals surface area contributed by atoms with E-state index in [-0.39, 0.29) is 30.2 Å². The van der Waals surface area contributed by atoms with Crippen molar-refractivity contribution in [3.8, 4) is 6.07 Å². The average Bonchev–Trinajstić information content (AvgIpc) is 3.70. The third-order valence-electron chi connectivity index (χ3n) is 7.30. The first-order chi connectivity index (χ1) is 14.8. The van der Waals surface area contributed by atoms with E-state index in [1.807, 2.05) is 0 Å². The molecule has 0 bridgehead atoms. The number of Topliss-reactive ketones (excluding diaryl/α,β-unsaturated/α-hetero) is 1. The fourth-order valence-corrected chi connectivity index (χ4v) is 4.50. The summed E-state index contributed by atoms with van der Waals surface area (Å²) in [5.41, 5.74) is -0.366. The molecule has 7 heteroatoms. The van der Waals surface area contributed by atoms with Gasteiger partial charge in [-0.3, -0.25) is 4.79 Å². The molecule has 5 nitrogen and oxygen atoms in total. The summed E-state index contributed by atoms with van der Waals surface area (Å²) in [5, 5.41) is 12.0. The zero-order chi connectivity index (χ0) is 22.1. The number of hydrogen-bond acceptors (Lipinski definition) is 3. The number of amides is 2. The first-order valence-electron chi connectivity index (χ1n) is 11.2. The molecule has 1 aromatic carbocycles. The minimum absolute atomic E-state index is 0.00840. The molecule has 1 aliphatic heterocycles. The Morgan fingerprint density at radius 3 is 2.29 bits per heavy atom. The standard InChI is InChI=1S/C24H29F2N3O2/c25-24(26,18-4-2-1-3-5-18)7-6-19(20(30)16-23(17-27)10-11-23)28-21(31)29-14-12-22(8-9-22)13-15-29/h1-5,19H,6-16H2,(H,28,31)/t19-/m0/s1. The van der Waals surface area contributed by atoms with Gasteiger partial charge in [-0.2, -0.15) is 5.26 Å². The van der Waals surface area contributed by atoms with Gasteiger partial charge in [0.05, 0.1) is 17.5 Å². The molecule has 31 heavy (non-hydrogen) atoms. The quantitative estimate of drug-likeness (QED) is 0.647. The number of urea groups is 1. The predicted molar refractivity (Wildman–Crippen MR) is 111 cm³/mol. The van der Waals surface area contributed by atoms with Gasteiger partial charge in [0.25, 0.3) is 5.92 Å². The summed E-state index contributed by atoms with van der Waals surface area (Å²) >= 11 is 0. The fraction of sp³-hybridized carbons (Fsp3) is 0.625. The van der Waals surface area contributed by atoms with Crippen LogP contribution in [0.25, 0.3) is 0 Å². The zero-order valence-electron chi connectivity index (χ0n) is 17.7. The lowest BCUT2D eigenvalue weighted by Gasteiger charge is -2.33. The maximum Gasteiger partial charge on any atom is 0.317 e. The van der Waals surface area contributed by atoms with Crippen LogP contribution in [-0.4, -0.2) is 35.8 Å². The summed E-state index contributed by atoms with van der Waals surface area (Å²) in [5.74, 6) is -3.42. The van der Waals surface area contributed by atoms with Crippen molar-refractivity contribution in [2.45, 2.75) is 69.8 Å². The molecule has 1 N–H and O–H groups in total. The lowest BCUT2D eigenvalue weighted by atomic mass is 9.92. The Bertz CT molecular complexity index is 863. The van der Waals surface area contributed by atoms with Crippen molar-refractivity contribution in [1.29, 1.82) is 5.26 Å². The van der Waals surface area contributed by atoms with E-state index in [2.05, 4.69) is 11.4 Å². The van der Waals surface area contributed by atoms with Crippen LogP contribution in [0, 0.1) is 22.2 Å². The number of benzene rings is 1. The number of hydrogen-bond donors (Lipinski definition) is 1. The smallest absolute Gasteiger partial charge is 0.317 e. The Kier molecular flexibility index (Phi) is 5.76. The first-order valence-corrected chi connectivity index (χ1v) is 11.2. The van der Waals surface area contributed by atoms with Gasteiger partial charge in [0.2, 0.25) is 0 Å². The van der Waals surface area contributed by atoms with E-state index >= 15 is 0 Å². The van der Waals surface area contributed by atoms with Gasteiger partial charge in [-0.05, 0) is 50.4 Å². The predicted octanol–water partition coefficient (Wildman–Crippen LogP) is 4.78. The largest absolute Gasteiger partial charge is 0.328 e. The Balaban J connectivity index is 1.40. The summed E-state index contributed by atoms with van der Waals surface area (Å²) in [6, 6.07) is 8.32. The van der Waals surface area contributed by atoms with Crippen LogP contribution in [-0.2, 0) is 10.7 Å². The van der Waals surface area contributed by atoms with Gasteiger partial charge in [0, 0.05) is 31.5 Å². The van der Waals surface area contributed by atoms with Crippen molar-refractivity contribution < 1.29 is 18.4 Å². The number of carbonyl (C=O) groups excluding carboxylic acids is 2. The van der Waals surface area contributed by atoms with Gasteiger partial charge in [-0.1, -0.05) is 30.3 Å². The second kappa shape index (κ2) is 8.22. The number of alkyl halides is 2. The SMILES string of the molecule is N#CC1(CC(=O)[C@H](CCC(F)(F)c2ccccc2)NC(=O)N2CCC3(CC2)CC3)CC1. The number of nitrogens with zero attached hydrogens (tertiary/aromatic N) is 2. The van der Waals surface area contributed by atoms with Crippen LogP contribution in [0.2, 0.25) is 0 Å². The van der Waals surface area contributed by atoms with Gasteiger partial charge in [0.15, 0.2) is 5.78 Å². The molecule has 4 rings (SSSR count). The lowest BCUT2D eigenvalue weighted by Crippen LogP contribution is -2.50. The van der Waals surface area contributed by atoms with Crippen LogP contribution in [0.5, 0.6) is 0 Å². The van der Waals surface area contributed by atoms with Crippen LogP contribution >= 0.6 is 0 Å². The molecule has 0 radical (unpaired) electrons. The first kappa shape index (κ1) is 21.7. The summed E-state index contributed by atoms with van der Waals surface area (Å²) in [4.78, 5) is 27.4. The van der Waals surface area contributed by atoms with Gasteiger partial charge < -0.3 is 10.2 Å². The van der Waals surface area contributed by atoms with Gasteiger partial charge in [-0.25, -0.2) is 13.6 Å². The molecule has 1 heterocycles. The molecule has 2 saturated carbocycles. The summed E-state index contributed by atoms with van der Waals surface area (Å²) in [7, 11) is 0. The number of halogens is 2. The van der Waals surface area contributed by atoms with Gasteiger partial charge in [0.1, 0.15) is 0 Å². The second-order valence-corrected chi connectivity index (χ2v) is 9.63. The normalized spacial score (nSPS) is 21.8. The van der Waals surface area contributed by atoms with E-state index in [9.17, 15) is 23.6 Å². The van der Waals surface area contributed by atoms with Crippen molar-refractivity contribution in [2.24, 2.45) is 10.8 Å². The molecule has 1 spiro atoms. The van der Waals surface area contributed by atoms with Crippen LogP contribution < -0.4 is 5.32 Å². The number of carbonyl (C=O) groups is 2. The number of nitriles is 1. The van der Waals surface area contributed by atoms with Crippen LogP contribution in [0.15, 0.2) is 30.3 Å². The molecular weight excluding hydrogens is 400 g/mol. The minimum Gasteiger partial charge on any atom is -0.328 e. The molecule has 1 aromatic rings. The van der Waals surface area contributed by atoms with E-state index < -0.39 is 23.8 Å². The van der Waals surface area contributed by atoms with E-state index in [1.54, 1.807) is 23.1 Å². The Hall–Kier alpha value is -2.49. The van der Waals surface area contributed by atoms with Crippen LogP contribution in [0.3, 0.4) is 0 Å². The summed E-state index contributed by atoms with van der Waals surface area (Å²) in [6.07, 6.45) is 4.94. The highest BCUT2D eigenvalue weighted by molar-refractivity contribution is 5.89. The second-order valence-electron chi connectivity index (χ2n) is 9.63. The average molecular weight is 430 g/mol. The molecule has 0 unspecified atom stereocenters. The van der Waals surface area contributed by atoms with Crippen molar-refractivity contribution >= 4 is 11.8 Å². The Labute approximate surface area is 181 Å². The molecule has 1 saturated heterocycles. The number of nitrogens with one attached hydrogen (secondary N) is 1. The highest BCUT2D eigenvalue weighted by Gasteiger charge is 2.47. The Morgan fingerprint density at radius 1 is 1.10 bits per heavy atom. The number of piperidine rings is 1. The molecule has 0 aromatic heterocycles. The molecule has 2 aliphatic carbocycles. The Morgan fingerprint density at radius 2 is 1.74 bits per heavy atom. The highest BCUT2D eigenvalue weighted by Crippen LogP contribution is 2.53. The van der Waals surface area contributed by atoms with E-state index in [0.717, 1.165) is 12.8 Å². The van der Waals surface area contributed by atoms with Crippen molar-refractivity contribution in [2.75, 3.05) is 13.1 Å². The highest BCUT2D eigenvalue weighted by atomic mass is 19.3. The summed E-state index contributed by atoms with van der Waals surface area (Å²) < 4.78 is 29.4. The van der Waals surface area contributed by atoms with Crippen LogP contribution in [0.4, 0.5) is 13.6 Å². The molecular formula is C24H29F2N3O2. The van der Waals surface area contributed by atoms with Crippen molar-refractivity contribution in [3.63, 3.8) is 0 Å². The molecule has 3 fully saturated rings. The lowest BCUT2D eigenvalue weighted by molar-refractivity contribution is -0.122. The van der Waals surface area contributed by atoms with Gasteiger partial charge in [-0.15, -0.1) is 0 Å². The zero-order valence-corrected chi connectivity index (χ0v) is 17.7.